The lowest BCUT2D eigenvalue weighted by Crippen LogP contribution is -2.49. The lowest BCUT2D eigenvalue weighted by Gasteiger charge is -2.27. The van der Waals surface area contributed by atoms with Crippen LogP contribution in [0.15, 0.2) is 54.6 Å². The number of ether oxygens (including phenoxy) is 4. The standard InChI is InChI=1S/C28H39N3O7/c1-27(2,3)37-25(32)30-24(29)31(26(33)38-28(4,5)6)36-17-11-16-35-23-15-10-14-22(18-23)20-34-19-21-12-8-7-9-13-21/h7-10,12-15,18H,11,16-17,19-20H2,1-6H3,(H2,29,30,32). The molecule has 10 heteroatoms. The number of nitrogens with one attached hydrogen (secondary N) is 2. The fourth-order valence-electron chi connectivity index (χ4n) is 2.95. The fraction of sp³-hybridized carbons (Fsp3) is 0.464. The summed E-state index contributed by atoms with van der Waals surface area (Å²) in [5, 5.41) is 10.9. The lowest BCUT2D eigenvalue weighted by molar-refractivity contribution is -0.104. The quantitative estimate of drug-likeness (QED) is 0.173. The van der Waals surface area contributed by atoms with Crippen LogP contribution < -0.4 is 10.1 Å². The van der Waals surface area contributed by atoms with Gasteiger partial charge in [0.2, 0.25) is 5.96 Å². The van der Waals surface area contributed by atoms with Crippen LogP contribution in [0, 0.1) is 5.41 Å². The third-order valence-corrected chi connectivity index (χ3v) is 4.44. The summed E-state index contributed by atoms with van der Waals surface area (Å²) in [6.45, 7) is 11.4. The van der Waals surface area contributed by atoms with Crippen LogP contribution in [0.1, 0.15) is 59.1 Å². The van der Waals surface area contributed by atoms with E-state index in [2.05, 4.69) is 5.32 Å². The van der Waals surface area contributed by atoms with Gasteiger partial charge in [-0.05, 0) is 64.8 Å². The molecule has 2 aromatic carbocycles. The Balaban J connectivity index is 1.83. The first-order valence-corrected chi connectivity index (χ1v) is 12.4. The second-order valence-corrected chi connectivity index (χ2v) is 10.4. The molecule has 0 heterocycles. The zero-order chi connectivity index (χ0) is 28.2. The number of alkyl carbamates (subject to hydrolysis) is 1. The Morgan fingerprint density at radius 3 is 2.13 bits per heavy atom. The van der Waals surface area contributed by atoms with E-state index in [1.54, 1.807) is 41.5 Å². The number of hydrogen-bond donors (Lipinski definition) is 2. The van der Waals surface area contributed by atoms with E-state index in [9.17, 15) is 9.59 Å². The summed E-state index contributed by atoms with van der Waals surface area (Å²) in [7, 11) is 0. The highest BCUT2D eigenvalue weighted by atomic mass is 16.7. The van der Waals surface area contributed by atoms with Crippen LogP contribution in [0.25, 0.3) is 0 Å². The van der Waals surface area contributed by atoms with Crippen molar-refractivity contribution in [3.63, 3.8) is 0 Å². The summed E-state index contributed by atoms with van der Waals surface area (Å²) in [5.41, 5.74) is 0.483. The molecule has 208 valence electrons. The minimum absolute atomic E-state index is 0.0253. The molecule has 38 heavy (non-hydrogen) atoms. The zero-order valence-corrected chi connectivity index (χ0v) is 23.0. The van der Waals surface area contributed by atoms with Crippen molar-refractivity contribution in [3.8, 4) is 5.75 Å². The van der Waals surface area contributed by atoms with Crippen LogP contribution in [0.3, 0.4) is 0 Å². The smallest absolute Gasteiger partial charge is 0.442 e. The molecule has 2 amide bonds. The molecule has 0 saturated heterocycles. The van der Waals surface area contributed by atoms with Gasteiger partial charge in [-0.1, -0.05) is 42.5 Å². The van der Waals surface area contributed by atoms with E-state index in [1.165, 1.54) is 0 Å². The lowest BCUT2D eigenvalue weighted by atomic mass is 10.2. The molecule has 0 bridgehead atoms. The van der Waals surface area contributed by atoms with Gasteiger partial charge in [0, 0.05) is 6.42 Å². The van der Waals surface area contributed by atoms with E-state index in [-0.39, 0.29) is 6.61 Å². The van der Waals surface area contributed by atoms with E-state index < -0.39 is 29.3 Å². The van der Waals surface area contributed by atoms with Gasteiger partial charge in [0.05, 0.1) is 26.4 Å². The number of amides is 2. The van der Waals surface area contributed by atoms with Crippen molar-refractivity contribution in [3.05, 3.63) is 65.7 Å². The molecule has 0 fully saturated rings. The van der Waals surface area contributed by atoms with Crippen molar-refractivity contribution >= 4 is 18.1 Å². The average molecular weight is 530 g/mol. The molecule has 2 aromatic rings. The summed E-state index contributed by atoms with van der Waals surface area (Å²) in [6.07, 6.45) is -1.44. The molecule has 0 aliphatic carbocycles. The summed E-state index contributed by atoms with van der Waals surface area (Å²) < 4.78 is 22.0. The van der Waals surface area contributed by atoms with Gasteiger partial charge in [0.25, 0.3) is 0 Å². The molecule has 0 unspecified atom stereocenters. The topological polar surface area (TPSA) is 119 Å². The van der Waals surface area contributed by atoms with Crippen molar-refractivity contribution in [1.82, 2.24) is 10.4 Å². The Morgan fingerprint density at radius 1 is 0.842 bits per heavy atom. The van der Waals surface area contributed by atoms with Crippen LogP contribution in [-0.2, 0) is 32.3 Å². The van der Waals surface area contributed by atoms with Crippen molar-refractivity contribution in [2.24, 2.45) is 0 Å². The van der Waals surface area contributed by atoms with E-state index in [1.807, 2.05) is 54.6 Å². The molecule has 2 rings (SSSR count). The van der Waals surface area contributed by atoms with Crippen molar-refractivity contribution in [2.75, 3.05) is 13.2 Å². The Morgan fingerprint density at radius 2 is 1.47 bits per heavy atom. The average Bonchev–Trinajstić information content (AvgIpc) is 2.79. The minimum atomic E-state index is -0.942. The number of rotatable bonds is 10. The van der Waals surface area contributed by atoms with Crippen molar-refractivity contribution in [1.29, 1.82) is 5.41 Å². The van der Waals surface area contributed by atoms with Gasteiger partial charge in [-0.3, -0.25) is 15.6 Å². The Kier molecular flexibility index (Phi) is 11.5. The van der Waals surface area contributed by atoms with Crippen LogP contribution in [-0.4, -0.2) is 47.6 Å². The van der Waals surface area contributed by atoms with Gasteiger partial charge < -0.3 is 18.9 Å². The first-order chi connectivity index (χ1) is 17.8. The molecule has 0 spiro atoms. The number of guanidine groups is 1. The maximum atomic E-state index is 12.6. The SMILES string of the molecule is CC(C)(C)OC(=O)NC(=N)N(OCCCOc1cccc(COCc2ccccc2)c1)C(=O)OC(C)(C)C. The van der Waals surface area contributed by atoms with Crippen LogP contribution in [0.2, 0.25) is 0 Å². The second kappa shape index (κ2) is 14.3. The summed E-state index contributed by atoms with van der Waals surface area (Å²) >= 11 is 0. The van der Waals surface area contributed by atoms with Crippen molar-refractivity contribution < 1.29 is 33.4 Å². The Labute approximate surface area is 224 Å². The van der Waals surface area contributed by atoms with E-state index >= 15 is 0 Å². The minimum Gasteiger partial charge on any atom is -0.493 e. The van der Waals surface area contributed by atoms with E-state index in [4.69, 9.17) is 29.2 Å². The molecule has 0 radical (unpaired) electrons. The van der Waals surface area contributed by atoms with Crippen LogP contribution in [0.5, 0.6) is 5.75 Å². The van der Waals surface area contributed by atoms with Gasteiger partial charge in [-0.25, -0.2) is 9.59 Å². The Bertz CT molecular complexity index is 1050. The fourth-order valence-corrected chi connectivity index (χ4v) is 2.95. The molecule has 0 aliphatic rings. The monoisotopic (exact) mass is 529 g/mol. The third kappa shape index (κ3) is 12.6. The number of carbonyl (C=O) groups excluding carboxylic acids is 2. The number of hydrogen-bond acceptors (Lipinski definition) is 8. The van der Waals surface area contributed by atoms with Crippen molar-refractivity contribution in [2.45, 2.75) is 72.4 Å². The summed E-state index contributed by atoms with van der Waals surface area (Å²) in [6, 6.07) is 17.5. The second-order valence-electron chi connectivity index (χ2n) is 10.4. The highest BCUT2D eigenvalue weighted by molar-refractivity contribution is 5.98. The highest BCUT2D eigenvalue weighted by Gasteiger charge is 2.28. The van der Waals surface area contributed by atoms with Gasteiger partial charge >= 0.3 is 12.2 Å². The maximum Gasteiger partial charge on any atom is 0.442 e. The molecule has 10 nitrogen and oxygen atoms in total. The molecule has 0 atom stereocenters. The molecule has 0 aliphatic heterocycles. The van der Waals surface area contributed by atoms with Gasteiger partial charge in [0.15, 0.2) is 0 Å². The molecular formula is C28H39N3O7. The predicted molar refractivity (Wildman–Crippen MR) is 143 cm³/mol. The maximum absolute atomic E-state index is 12.6. The predicted octanol–water partition coefficient (Wildman–Crippen LogP) is 5.80. The molecule has 0 aromatic heterocycles. The van der Waals surface area contributed by atoms with Crippen LogP contribution in [0.4, 0.5) is 9.59 Å². The van der Waals surface area contributed by atoms with Gasteiger partial charge in [0.1, 0.15) is 17.0 Å². The zero-order valence-electron chi connectivity index (χ0n) is 23.0. The summed E-state index contributed by atoms with van der Waals surface area (Å²) in [5.74, 6) is 0.0479. The highest BCUT2D eigenvalue weighted by Crippen LogP contribution is 2.16. The first kappa shape index (κ1) is 30.6. The number of hydroxylamine groups is 2. The van der Waals surface area contributed by atoms with Gasteiger partial charge in [-0.15, -0.1) is 5.06 Å². The number of nitrogens with zero attached hydrogens (tertiary/aromatic N) is 1. The molecular weight excluding hydrogens is 490 g/mol. The number of benzene rings is 2. The third-order valence-electron chi connectivity index (χ3n) is 4.44. The molecule has 2 N–H and O–H groups in total. The summed E-state index contributed by atoms with van der Waals surface area (Å²) in [4.78, 5) is 30.1. The van der Waals surface area contributed by atoms with Crippen LogP contribution >= 0.6 is 0 Å². The normalized spacial score (nSPS) is 11.4. The van der Waals surface area contributed by atoms with E-state index in [0.717, 1.165) is 11.1 Å². The number of carbonyl (C=O) groups is 2. The van der Waals surface area contributed by atoms with Gasteiger partial charge in [-0.2, -0.15) is 0 Å². The largest absolute Gasteiger partial charge is 0.493 e. The molecule has 0 saturated carbocycles. The van der Waals surface area contributed by atoms with E-state index in [0.29, 0.717) is 37.1 Å². The Hall–Kier alpha value is -3.63. The first-order valence-electron chi connectivity index (χ1n) is 12.4.